The lowest BCUT2D eigenvalue weighted by molar-refractivity contribution is -0.133. The van der Waals surface area contributed by atoms with E-state index in [0.29, 0.717) is 11.1 Å². The third-order valence-electron chi connectivity index (χ3n) is 1.43. The Morgan fingerprint density at radius 2 is 2.36 bits per heavy atom. The number of methoxy groups -OCH3 is 1. The molecule has 0 radical (unpaired) electrons. The van der Waals surface area contributed by atoms with Gasteiger partial charge in [-0.15, -0.1) is 0 Å². The largest absolute Gasteiger partial charge is 0.459 e. The Balaban J connectivity index is 3.01. The number of hydrogen-bond acceptors (Lipinski definition) is 4. The summed E-state index contributed by atoms with van der Waals surface area (Å²) >= 11 is 0. The summed E-state index contributed by atoms with van der Waals surface area (Å²) in [5.41, 5.74) is 0.803. The van der Waals surface area contributed by atoms with Crippen LogP contribution in [0.25, 0.3) is 0 Å². The molecule has 0 saturated carbocycles. The fraction of sp³-hybridized carbons (Fsp3) is 0.100. The molecule has 0 saturated heterocycles. The van der Waals surface area contributed by atoms with Crippen molar-refractivity contribution in [2.45, 2.75) is 0 Å². The topological polar surface area (TPSA) is 63.0 Å². The van der Waals surface area contributed by atoms with Crippen molar-refractivity contribution in [2.24, 2.45) is 0 Å². The van der Waals surface area contributed by atoms with Crippen LogP contribution in [0.2, 0.25) is 0 Å². The first-order chi connectivity index (χ1) is 6.77. The quantitative estimate of drug-likeness (QED) is 0.436. The highest BCUT2D eigenvalue weighted by Crippen LogP contribution is 2.02. The Bertz CT molecular complexity index is 449. The molecular weight excluding hydrogens is 180 g/mol. The highest BCUT2D eigenvalue weighted by atomic mass is 16.5. The average Bonchev–Trinajstić information content (AvgIpc) is 2.26. The first kappa shape index (κ1) is 9.76. The van der Waals surface area contributed by atoms with Gasteiger partial charge in [-0.3, -0.25) is 4.98 Å². The standard InChI is InChI=1S/C10H6N2O2/c1-14-10(13)3-2-8-4-5-12-7-9(8)6-11/h4-5,7H,1H3. The Morgan fingerprint density at radius 1 is 1.57 bits per heavy atom. The van der Waals surface area contributed by atoms with Crippen molar-refractivity contribution >= 4 is 5.97 Å². The van der Waals surface area contributed by atoms with Crippen molar-refractivity contribution < 1.29 is 9.53 Å². The number of hydrogen-bond donors (Lipinski definition) is 0. The highest BCUT2D eigenvalue weighted by Gasteiger charge is 1.97. The molecule has 4 heteroatoms. The number of carbonyl (C=O) groups excluding carboxylic acids is 1. The van der Waals surface area contributed by atoms with Gasteiger partial charge in [-0.1, -0.05) is 5.92 Å². The third-order valence-corrected chi connectivity index (χ3v) is 1.43. The van der Waals surface area contributed by atoms with Crippen molar-refractivity contribution in [1.82, 2.24) is 4.98 Å². The molecule has 0 fully saturated rings. The normalized spacial score (nSPS) is 8.00. The summed E-state index contributed by atoms with van der Waals surface area (Å²) in [4.78, 5) is 14.4. The van der Waals surface area contributed by atoms with Crippen molar-refractivity contribution in [2.75, 3.05) is 7.11 Å². The van der Waals surface area contributed by atoms with Crippen molar-refractivity contribution in [1.29, 1.82) is 5.26 Å². The maximum Gasteiger partial charge on any atom is 0.384 e. The molecule has 0 aromatic carbocycles. The second-order valence-corrected chi connectivity index (χ2v) is 2.27. The van der Waals surface area contributed by atoms with Crippen molar-refractivity contribution in [3.63, 3.8) is 0 Å². The molecule has 1 heterocycles. The molecule has 68 valence electrons. The van der Waals surface area contributed by atoms with Crippen LogP contribution in [0.4, 0.5) is 0 Å². The van der Waals surface area contributed by atoms with Crippen LogP contribution in [0.5, 0.6) is 0 Å². The smallest absolute Gasteiger partial charge is 0.384 e. The lowest BCUT2D eigenvalue weighted by Crippen LogP contribution is -1.95. The summed E-state index contributed by atoms with van der Waals surface area (Å²) in [6.45, 7) is 0. The predicted octanol–water partition coefficient (Wildman–Crippen LogP) is 0.478. The lowest BCUT2D eigenvalue weighted by atomic mass is 10.1. The Morgan fingerprint density at radius 3 is 3.00 bits per heavy atom. The van der Waals surface area contributed by atoms with E-state index in [9.17, 15) is 4.79 Å². The maximum absolute atomic E-state index is 10.7. The first-order valence-electron chi connectivity index (χ1n) is 3.72. The summed E-state index contributed by atoms with van der Waals surface area (Å²) < 4.78 is 4.33. The van der Waals surface area contributed by atoms with Gasteiger partial charge in [-0.25, -0.2) is 4.79 Å². The van der Waals surface area contributed by atoms with Crippen LogP contribution < -0.4 is 0 Å². The van der Waals surface area contributed by atoms with Crippen molar-refractivity contribution in [3.8, 4) is 17.9 Å². The van der Waals surface area contributed by atoms with Crippen LogP contribution in [0.15, 0.2) is 18.5 Å². The maximum atomic E-state index is 10.7. The molecule has 0 N–H and O–H groups in total. The van der Waals surface area contributed by atoms with E-state index < -0.39 is 5.97 Å². The van der Waals surface area contributed by atoms with Gasteiger partial charge in [0, 0.05) is 23.9 Å². The fourth-order valence-electron chi connectivity index (χ4n) is 0.762. The van der Waals surface area contributed by atoms with Gasteiger partial charge < -0.3 is 4.74 Å². The lowest BCUT2D eigenvalue weighted by Gasteiger charge is -1.91. The van der Waals surface area contributed by atoms with Gasteiger partial charge in [0.05, 0.1) is 12.7 Å². The molecule has 4 nitrogen and oxygen atoms in total. The molecule has 14 heavy (non-hydrogen) atoms. The number of esters is 1. The van der Waals surface area contributed by atoms with E-state index in [4.69, 9.17) is 5.26 Å². The number of nitrogens with zero attached hydrogens (tertiary/aromatic N) is 2. The summed E-state index contributed by atoms with van der Waals surface area (Å²) in [6.07, 6.45) is 2.89. The summed E-state index contributed by atoms with van der Waals surface area (Å²) in [5.74, 6) is 4.13. The minimum Gasteiger partial charge on any atom is -0.459 e. The Hall–Kier alpha value is -2.33. The first-order valence-corrected chi connectivity index (χ1v) is 3.72. The minimum absolute atomic E-state index is 0.337. The molecule has 0 aliphatic heterocycles. The van der Waals surface area contributed by atoms with E-state index in [-0.39, 0.29) is 0 Å². The molecule has 0 atom stereocenters. The van der Waals surface area contributed by atoms with Gasteiger partial charge in [0.25, 0.3) is 0 Å². The van der Waals surface area contributed by atoms with E-state index in [2.05, 4.69) is 21.6 Å². The van der Waals surface area contributed by atoms with Crippen LogP contribution in [0.3, 0.4) is 0 Å². The molecule has 0 amide bonds. The van der Waals surface area contributed by atoms with Crippen LogP contribution in [-0.2, 0) is 9.53 Å². The van der Waals surface area contributed by atoms with Gasteiger partial charge in [0.2, 0.25) is 0 Å². The van der Waals surface area contributed by atoms with Gasteiger partial charge in [-0.2, -0.15) is 5.26 Å². The molecule has 0 unspecified atom stereocenters. The zero-order chi connectivity index (χ0) is 10.4. The summed E-state index contributed by atoms with van der Waals surface area (Å²) in [5, 5.41) is 8.67. The SMILES string of the molecule is COC(=O)C#Cc1ccncc1C#N. The predicted molar refractivity (Wildman–Crippen MR) is 47.8 cm³/mol. The number of carbonyl (C=O) groups is 1. The van der Waals surface area contributed by atoms with E-state index >= 15 is 0 Å². The summed E-state index contributed by atoms with van der Waals surface area (Å²) in [7, 11) is 1.24. The van der Waals surface area contributed by atoms with Crippen LogP contribution in [-0.4, -0.2) is 18.1 Å². The minimum atomic E-state index is -0.634. The Labute approximate surface area is 81.1 Å². The van der Waals surface area contributed by atoms with Crippen LogP contribution in [0.1, 0.15) is 11.1 Å². The van der Waals surface area contributed by atoms with E-state index in [1.165, 1.54) is 19.5 Å². The second kappa shape index (κ2) is 4.64. The molecular formula is C10H6N2O2. The van der Waals surface area contributed by atoms with Gasteiger partial charge >= 0.3 is 5.97 Å². The molecule has 1 aromatic heterocycles. The molecule has 0 aliphatic carbocycles. The molecule has 1 rings (SSSR count). The second-order valence-electron chi connectivity index (χ2n) is 2.27. The third kappa shape index (κ3) is 2.33. The number of rotatable bonds is 0. The van der Waals surface area contributed by atoms with Crippen LogP contribution >= 0.6 is 0 Å². The zero-order valence-corrected chi connectivity index (χ0v) is 7.44. The van der Waals surface area contributed by atoms with Gasteiger partial charge in [-0.05, 0) is 6.07 Å². The van der Waals surface area contributed by atoms with Gasteiger partial charge in [0.15, 0.2) is 0 Å². The number of pyridine rings is 1. The van der Waals surface area contributed by atoms with Crippen molar-refractivity contribution in [3.05, 3.63) is 29.6 Å². The average molecular weight is 186 g/mol. The van der Waals surface area contributed by atoms with E-state index in [1.807, 2.05) is 6.07 Å². The molecule has 0 aliphatic rings. The molecule has 1 aromatic rings. The molecule has 0 spiro atoms. The number of ether oxygens (including phenoxy) is 1. The fourth-order valence-corrected chi connectivity index (χ4v) is 0.762. The van der Waals surface area contributed by atoms with E-state index in [1.54, 1.807) is 6.07 Å². The Kier molecular flexibility index (Phi) is 3.23. The zero-order valence-electron chi connectivity index (χ0n) is 7.44. The highest BCUT2D eigenvalue weighted by molar-refractivity contribution is 5.89. The molecule has 0 bridgehead atoms. The van der Waals surface area contributed by atoms with Crippen LogP contribution in [0, 0.1) is 23.2 Å². The number of nitriles is 1. The summed E-state index contributed by atoms with van der Waals surface area (Å²) in [6, 6.07) is 3.48. The monoisotopic (exact) mass is 186 g/mol. The van der Waals surface area contributed by atoms with E-state index in [0.717, 1.165) is 0 Å². The van der Waals surface area contributed by atoms with Gasteiger partial charge in [0.1, 0.15) is 6.07 Å². The number of aromatic nitrogens is 1.